The van der Waals surface area contributed by atoms with Gasteiger partial charge < -0.3 is 33.2 Å². The van der Waals surface area contributed by atoms with E-state index < -0.39 is 93.8 Å². The molecule has 4 rings (SSSR count). The highest BCUT2D eigenvalue weighted by atomic mass is 16.7. The zero-order valence-corrected chi connectivity index (χ0v) is 36.3. The normalized spacial score (nSPS) is 22.9. The van der Waals surface area contributed by atoms with Crippen molar-refractivity contribution in [3.63, 3.8) is 0 Å². The van der Waals surface area contributed by atoms with E-state index in [0.717, 1.165) is 11.1 Å². The molecule has 0 amide bonds. The first-order chi connectivity index (χ1) is 26.7. The molecule has 0 N–H and O–H groups in total. The van der Waals surface area contributed by atoms with Crippen molar-refractivity contribution >= 4 is 29.6 Å². The Kier molecular flexibility index (Phi) is 13.6. The van der Waals surface area contributed by atoms with E-state index in [9.17, 15) is 29.3 Å². The van der Waals surface area contributed by atoms with Crippen molar-refractivity contribution in [2.45, 2.75) is 126 Å². The fraction of sp³-hybridized carbons (Fsp3) is 0.628. The Bertz CT molecular complexity index is 1850. The number of nitro benzene ring substituents is 1. The maximum atomic E-state index is 14.0. The summed E-state index contributed by atoms with van der Waals surface area (Å²) < 4.78 is 42.9. The number of nitrogens with zero attached hydrogens (tertiary/aromatic N) is 2. The number of carbonyl (C=O) groups is 4. The van der Waals surface area contributed by atoms with Crippen LogP contribution in [0.15, 0.2) is 36.4 Å². The molecule has 0 radical (unpaired) electrons. The number of nitro groups is 1. The average molecular weight is 813 g/mol. The van der Waals surface area contributed by atoms with E-state index in [1.165, 1.54) is 26.4 Å². The molecule has 0 spiro atoms. The van der Waals surface area contributed by atoms with Crippen LogP contribution in [0, 0.1) is 31.8 Å². The summed E-state index contributed by atoms with van der Waals surface area (Å²) in [6.07, 6.45) is -6.36. The third-order valence-corrected chi connectivity index (χ3v) is 9.82. The minimum Gasteiger partial charge on any atom is -0.493 e. The predicted molar refractivity (Wildman–Crippen MR) is 212 cm³/mol. The fourth-order valence-electron chi connectivity index (χ4n) is 6.36. The number of benzene rings is 2. The van der Waals surface area contributed by atoms with E-state index in [-0.39, 0.29) is 12.2 Å². The molecule has 0 saturated carbocycles. The molecule has 15 nitrogen and oxygen atoms in total. The molecule has 0 unspecified atom stereocenters. The summed E-state index contributed by atoms with van der Waals surface area (Å²) in [4.78, 5) is 68.0. The van der Waals surface area contributed by atoms with Crippen molar-refractivity contribution in [1.29, 1.82) is 0 Å². The Balaban J connectivity index is 2.03. The summed E-state index contributed by atoms with van der Waals surface area (Å²) in [6, 6.07) is 9.02. The molecule has 0 aliphatic carbocycles. The molecule has 15 heteroatoms. The van der Waals surface area contributed by atoms with E-state index in [1.807, 2.05) is 17.0 Å². The molecule has 320 valence electrons. The highest BCUT2D eigenvalue weighted by Gasteiger charge is 2.57. The first-order valence-corrected chi connectivity index (χ1v) is 19.4. The number of carbonyl (C=O) groups excluding carboxylic acids is 4. The first kappa shape index (κ1) is 45.9. The van der Waals surface area contributed by atoms with Gasteiger partial charge in [0.15, 0.2) is 36.0 Å². The third kappa shape index (κ3) is 10.5. The monoisotopic (exact) mass is 812 g/mol. The summed E-state index contributed by atoms with van der Waals surface area (Å²) in [6.45, 7) is 19.9. The lowest BCUT2D eigenvalue weighted by molar-refractivity contribution is -0.384. The second-order valence-corrected chi connectivity index (χ2v) is 18.9. The van der Waals surface area contributed by atoms with Gasteiger partial charge in [-0.15, -0.1) is 0 Å². The highest BCUT2D eigenvalue weighted by Crippen LogP contribution is 2.45. The van der Waals surface area contributed by atoms with Crippen LogP contribution in [0.5, 0.6) is 11.5 Å². The molecule has 6 atom stereocenters. The van der Waals surface area contributed by atoms with Gasteiger partial charge in [0.25, 0.3) is 5.69 Å². The minimum absolute atomic E-state index is 0.122. The SMILES string of the molecule is COc1cc2c(cc1OC)[C@@H](c1ccc([N+](=O)[O-])cc1)N([C@@H]1O[C@H](COC(=O)C(C)(C)C)[C@H](OC(=O)C(C)(C)C)[C@H](OC(=O)C(C)(C)C)[C@H]1OC(=O)C(C)(C)C)CC2. The Hall–Kier alpha value is -4.76. The van der Waals surface area contributed by atoms with Gasteiger partial charge in [-0.25, -0.2) is 0 Å². The molecule has 0 bridgehead atoms. The van der Waals surface area contributed by atoms with Gasteiger partial charge in [-0.3, -0.25) is 34.2 Å². The Labute approximate surface area is 341 Å². The van der Waals surface area contributed by atoms with E-state index in [0.29, 0.717) is 23.5 Å². The van der Waals surface area contributed by atoms with Crippen LogP contribution in [-0.2, 0) is 49.3 Å². The number of methoxy groups -OCH3 is 2. The number of hydrogen-bond acceptors (Lipinski definition) is 14. The van der Waals surface area contributed by atoms with Crippen LogP contribution in [-0.4, -0.2) is 91.7 Å². The number of fused-ring (bicyclic) bond motifs is 1. The summed E-state index contributed by atoms with van der Waals surface area (Å²) >= 11 is 0. The Morgan fingerprint density at radius 2 is 1.17 bits per heavy atom. The lowest BCUT2D eigenvalue weighted by Gasteiger charge is -2.51. The Morgan fingerprint density at radius 3 is 1.64 bits per heavy atom. The molecule has 2 aliphatic heterocycles. The summed E-state index contributed by atoms with van der Waals surface area (Å²) in [7, 11) is 3.04. The van der Waals surface area contributed by atoms with Gasteiger partial charge in [0.2, 0.25) is 0 Å². The molecule has 1 fully saturated rings. The summed E-state index contributed by atoms with van der Waals surface area (Å²) in [5.74, 6) is -1.63. The van der Waals surface area contributed by atoms with Gasteiger partial charge in [0.1, 0.15) is 12.7 Å². The first-order valence-electron chi connectivity index (χ1n) is 19.4. The lowest BCUT2D eigenvalue weighted by atomic mass is 9.85. The van der Waals surface area contributed by atoms with Crippen LogP contribution in [0.1, 0.15) is 106 Å². The van der Waals surface area contributed by atoms with Gasteiger partial charge in [-0.05, 0) is 118 Å². The number of rotatable bonds is 10. The van der Waals surface area contributed by atoms with E-state index >= 15 is 0 Å². The molecule has 2 heterocycles. The standard InChI is InChI=1S/C43H60N2O13/c1-40(2,3)36(46)54-23-30-32(56-37(47)41(4,5)6)33(57-38(48)42(7,8)9)34(58-39(49)43(10,11)12)35(55-30)44-20-19-25-21-28(52-13)29(53-14)22-27(25)31(44)24-15-17-26(18-16-24)45(50)51/h15-18,21-22,30-35H,19-20,23H2,1-14H3/t30-,31-,32+,33+,34-,35-/m1/s1. The topological polar surface area (TPSA) is 179 Å². The fourth-order valence-corrected chi connectivity index (χ4v) is 6.36. The highest BCUT2D eigenvalue weighted by molar-refractivity contribution is 5.78. The lowest BCUT2D eigenvalue weighted by Crippen LogP contribution is -2.68. The second-order valence-electron chi connectivity index (χ2n) is 18.9. The second kappa shape index (κ2) is 17.2. The maximum Gasteiger partial charge on any atom is 0.311 e. The largest absolute Gasteiger partial charge is 0.493 e. The van der Waals surface area contributed by atoms with Crippen LogP contribution < -0.4 is 9.47 Å². The van der Waals surface area contributed by atoms with Crippen molar-refractivity contribution in [2.24, 2.45) is 21.7 Å². The van der Waals surface area contributed by atoms with Gasteiger partial charge in [-0.2, -0.15) is 0 Å². The van der Waals surface area contributed by atoms with Crippen LogP contribution in [0.4, 0.5) is 5.69 Å². The number of ether oxygens (including phenoxy) is 7. The molecule has 2 aromatic rings. The smallest absolute Gasteiger partial charge is 0.311 e. The molecule has 0 aromatic heterocycles. The zero-order chi connectivity index (χ0) is 43.7. The van der Waals surface area contributed by atoms with Crippen LogP contribution in [0.2, 0.25) is 0 Å². The minimum atomic E-state index is -1.47. The van der Waals surface area contributed by atoms with Crippen molar-refractivity contribution in [3.8, 4) is 11.5 Å². The van der Waals surface area contributed by atoms with Gasteiger partial charge in [-0.1, -0.05) is 12.1 Å². The van der Waals surface area contributed by atoms with E-state index in [4.69, 9.17) is 33.2 Å². The van der Waals surface area contributed by atoms with Crippen molar-refractivity contribution in [3.05, 3.63) is 63.2 Å². The average Bonchev–Trinajstić information content (AvgIpc) is 3.12. The van der Waals surface area contributed by atoms with E-state index in [1.54, 1.807) is 95.2 Å². The van der Waals surface area contributed by atoms with Gasteiger partial charge >= 0.3 is 23.9 Å². The molecular weight excluding hydrogens is 752 g/mol. The summed E-state index contributed by atoms with van der Waals surface area (Å²) in [5.41, 5.74) is -1.92. The van der Waals surface area contributed by atoms with Crippen LogP contribution in [0.3, 0.4) is 0 Å². The van der Waals surface area contributed by atoms with Crippen molar-refractivity contribution in [2.75, 3.05) is 27.4 Å². The predicted octanol–water partition coefficient (Wildman–Crippen LogP) is 6.75. The molecule has 58 heavy (non-hydrogen) atoms. The van der Waals surface area contributed by atoms with Gasteiger partial charge in [0.05, 0.1) is 46.8 Å². The van der Waals surface area contributed by atoms with Crippen molar-refractivity contribution < 1.29 is 57.3 Å². The molecule has 1 saturated heterocycles. The molecule has 2 aromatic carbocycles. The number of non-ortho nitro benzene ring substituents is 1. The zero-order valence-electron chi connectivity index (χ0n) is 36.3. The molecule has 2 aliphatic rings. The summed E-state index contributed by atoms with van der Waals surface area (Å²) in [5, 5.41) is 11.7. The van der Waals surface area contributed by atoms with Crippen LogP contribution in [0.25, 0.3) is 0 Å². The van der Waals surface area contributed by atoms with E-state index in [2.05, 4.69) is 0 Å². The van der Waals surface area contributed by atoms with Gasteiger partial charge in [0, 0.05) is 18.7 Å². The maximum absolute atomic E-state index is 14.0. The Morgan fingerprint density at radius 1 is 0.707 bits per heavy atom. The number of esters is 4. The molecular formula is C43H60N2O13. The van der Waals surface area contributed by atoms with Crippen molar-refractivity contribution in [1.82, 2.24) is 4.90 Å². The van der Waals surface area contributed by atoms with Crippen LogP contribution >= 0.6 is 0 Å². The number of hydrogen-bond donors (Lipinski definition) is 0. The quantitative estimate of drug-likeness (QED) is 0.106. The third-order valence-electron chi connectivity index (χ3n) is 9.82.